The van der Waals surface area contributed by atoms with Gasteiger partial charge in [0.05, 0.1) is 11.6 Å². The number of rotatable bonds is 6. The van der Waals surface area contributed by atoms with Gasteiger partial charge in [-0.1, -0.05) is 29.3 Å². The van der Waals surface area contributed by atoms with Crippen LogP contribution in [0, 0.1) is 0 Å². The lowest BCUT2D eigenvalue weighted by Gasteiger charge is -2.16. The second-order valence-electron chi connectivity index (χ2n) is 5.09. The average Bonchev–Trinajstić information content (AvgIpc) is 2.59. The fourth-order valence-electron chi connectivity index (χ4n) is 2.13. The molecule has 8 heteroatoms. The molecular weight excluding hydrogens is 383 g/mol. The number of benzene rings is 1. The minimum absolute atomic E-state index is 0.330. The van der Waals surface area contributed by atoms with Crippen molar-refractivity contribution in [3.8, 4) is 0 Å². The molecule has 0 spiro atoms. The lowest BCUT2D eigenvalue weighted by molar-refractivity contribution is -0.124. The van der Waals surface area contributed by atoms with Crippen molar-refractivity contribution in [3.05, 3.63) is 57.7 Å². The molecule has 1 aromatic heterocycles. The van der Waals surface area contributed by atoms with Crippen molar-refractivity contribution >= 4 is 46.8 Å². The molecule has 1 N–H and O–H groups in total. The van der Waals surface area contributed by atoms with E-state index in [0.29, 0.717) is 20.6 Å². The van der Waals surface area contributed by atoms with E-state index in [1.165, 1.54) is 11.8 Å². The molecule has 0 fully saturated rings. The molecule has 5 nitrogen and oxygen atoms in total. The van der Waals surface area contributed by atoms with Gasteiger partial charge in [-0.2, -0.15) is 0 Å². The molecule has 0 saturated carbocycles. The quantitative estimate of drug-likeness (QED) is 0.584. The number of nitrogens with one attached hydrogen (secondary N) is 1. The van der Waals surface area contributed by atoms with E-state index in [0.717, 1.165) is 5.56 Å². The fourth-order valence-corrected chi connectivity index (χ4v) is 3.24. The Bertz CT molecular complexity index is 786. The van der Waals surface area contributed by atoms with Gasteiger partial charge in [-0.05, 0) is 43.0 Å². The van der Waals surface area contributed by atoms with Crippen LogP contribution in [0.5, 0.6) is 0 Å². The molecule has 0 saturated heterocycles. The van der Waals surface area contributed by atoms with Crippen molar-refractivity contribution in [2.45, 2.75) is 18.0 Å². The van der Waals surface area contributed by atoms with Crippen molar-refractivity contribution in [3.63, 3.8) is 0 Å². The van der Waals surface area contributed by atoms with Crippen LogP contribution in [-0.4, -0.2) is 29.7 Å². The predicted octanol–water partition coefficient (Wildman–Crippen LogP) is 4.14. The number of carbonyl (C=O) groups is 2. The zero-order valence-corrected chi connectivity index (χ0v) is 15.9. The Morgan fingerprint density at radius 2 is 2.08 bits per heavy atom. The zero-order chi connectivity index (χ0) is 18.4. The Kier molecular flexibility index (Phi) is 7.11. The third-order valence-corrected chi connectivity index (χ3v) is 4.60. The highest BCUT2D eigenvalue weighted by Gasteiger charge is 2.17. The SMILES string of the molecule is CSc1ncccc1C(=O)OCC(=O)N[C@H](C)c1ccc(Cl)cc1Cl. The van der Waals surface area contributed by atoms with Crippen molar-refractivity contribution in [2.24, 2.45) is 0 Å². The molecule has 0 aliphatic carbocycles. The molecule has 1 heterocycles. The van der Waals surface area contributed by atoms with Gasteiger partial charge in [0.2, 0.25) is 0 Å². The number of ether oxygens (including phenoxy) is 1. The van der Waals surface area contributed by atoms with Gasteiger partial charge < -0.3 is 10.1 Å². The van der Waals surface area contributed by atoms with Gasteiger partial charge >= 0.3 is 5.97 Å². The third kappa shape index (κ3) is 5.36. The fraction of sp³-hybridized carbons (Fsp3) is 0.235. The smallest absolute Gasteiger partial charge is 0.341 e. The van der Waals surface area contributed by atoms with Gasteiger partial charge in [-0.15, -0.1) is 11.8 Å². The number of esters is 1. The second-order valence-corrected chi connectivity index (χ2v) is 6.73. The Labute approximate surface area is 160 Å². The summed E-state index contributed by atoms with van der Waals surface area (Å²) in [5.74, 6) is -1.02. The van der Waals surface area contributed by atoms with E-state index in [-0.39, 0.29) is 6.04 Å². The van der Waals surface area contributed by atoms with E-state index in [9.17, 15) is 9.59 Å². The lowest BCUT2D eigenvalue weighted by Crippen LogP contribution is -2.31. The zero-order valence-electron chi connectivity index (χ0n) is 13.6. The van der Waals surface area contributed by atoms with Crippen LogP contribution in [0.3, 0.4) is 0 Å². The molecule has 0 unspecified atom stereocenters. The highest BCUT2D eigenvalue weighted by Crippen LogP contribution is 2.26. The largest absolute Gasteiger partial charge is 0.452 e. The molecule has 0 radical (unpaired) electrons. The summed E-state index contributed by atoms with van der Waals surface area (Å²) in [7, 11) is 0. The van der Waals surface area contributed by atoms with Crippen LogP contribution in [0.4, 0.5) is 0 Å². The standard InChI is InChI=1S/C17H16Cl2N2O3S/c1-10(12-6-5-11(18)8-14(12)19)21-15(22)9-24-17(23)13-4-3-7-20-16(13)25-2/h3-8,10H,9H2,1-2H3,(H,21,22)/t10-/m1/s1. The topological polar surface area (TPSA) is 68.3 Å². The lowest BCUT2D eigenvalue weighted by atomic mass is 10.1. The number of halogens is 2. The van der Waals surface area contributed by atoms with Crippen LogP contribution in [0.1, 0.15) is 28.9 Å². The molecule has 0 aliphatic heterocycles. The van der Waals surface area contributed by atoms with Crippen LogP contribution in [0.15, 0.2) is 41.6 Å². The Morgan fingerprint density at radius 3 is 2.76 bits per heavy atom. The molecule has 132 valence electrons. The number of hydrogen-bond donors (Lipinski definition) is 1. The predicted molar refractivity (Wildman–Crippen MR) is 99.3 cm³/mol. The molecule has 2 rings (SSSR count). The molecule has 25 heavy (non-hydrogen) atoms. The van der Waals surface area contributed by atoms with Gasteiger partial charge in [0.15, 0.2) is 6.61 Å². The van der Waals surface area contributed by atoms with E-state index in [1.54, 1.807) is 43.5 Å². The Morgan fingerprint density at radius 1 is 1.32 bits per heavy atom. The molecule has 0 bridgehead atoms. The van der Waals surface area contributed by atoms with E-state index in [4.69, 9.17) is 27.9 Å². The van der Waals surface area contributed by atoms with Crippen LogP contribution < -0.4 is 5.32 Å². The first-order valence-corrected chi connectivity index (χ1v) is 9.31. The van der Waals surface area contributed by atoms with Crippen LogP contribution in [0.2, 0.25) is 10.0 Å². The van der Waals surface area contributed by atoms with Crippen LogP contribution >= 0.6 is 35.0 Å². The van der Waals surface area contributed by atoms with E-state index < -0.39 is 18.5 Å². The van der Waals surface area contributed by atoms with E-state index in [1.807, 2.05) is 6.26 Å². The summed E-state index contributed by atoms with van der Waals surface area (Å²) < 4.78 is 5.06. The van der Waals surface area contributed by atoms with Gasteiger partial charge in [0.25, 0.3) is 5.91 Å². The van der Waals surface area contributed by atoms with Crippen molar-refractivity contribution < 1.29 is 14.3 Å². The summed E-state index contributed by atoms with van der Waals surface area (Å²) in [5.41, 5.74) is 1.05. The molecule has 2 aromatic rings. The first kappa shape index (κ1) is 19.6. The van der Waals surface area contributed by atoms with E-state index in [2.05, 4.69) is 10.3 Å². The Balaban J connectivity index is 1.93. The van der Waals surface area contributed by atoms with Crippen LogP contribution in [0.25, 0.3) is 0 Å². The number of aromatic nitrogens is 1. The normalized spacial score (nSPS) is 11.7. The van der Waals surface area contributed by atoms with Gasteiger partial charge in [0.1, 0.15) is 5.03 Å². The molecule has 1 amide bonds. The first-order valence-electron chi connectivity index (χ1n) is 7.32. The minimum atomic E-state index is -0.593. The summed E-state index contributed by atoms with van der Waals surface area (Å²) in [6, 6.07) is 7.93. The van der Waals surface area contributed by atoms with Gasteiger partial charge in [-0.25, -0.2) is 9.78 Å². The molecule has 0 aliphatic rings. The monoisotopic (exact) mass is 398 g/mol. The number of amides is 1. The number of pyridine rings is 1. The van der Waals surface area contributed by atoms with E-state index >= 15 is 0 Å². The first-order chi connectivity index (χ1) is 11.9. The maximum Gasteiger partial charge on any atom is 0.341 e. The summed E-state index contributed by atoms with van der Waals surface area (Å²) in [5, 5.41) is 4.25. The van der Waals surface area contributed by atoms with Gasteiger partial charge in [0, 0.05) is 16.2 Å². The number of hydrogen-bond acceptors (Lipinski definition) is 5. The van der Waals surface area contributed by atoms with Crippen molar-refractivity contribution in [2.75, 3.05) is 12.9 Å². The minimum Gasteiger partial charge on any atom is -0.452 e. The molecular formula is C17H16Cl2N2O3S. The molecule has 1 aromatic carbocycles. The highest BCUT2D eigenvalue weighted by molar-refractivity contribution is 7.98. The number of thioether (sulfide) groups is 1. The summed E-state index contributed by atoms with van der Waals surface area (Å²) in [6.45, 7) is 1.39. The average molecular weight is 399 g/mol. The summed E-state index contributed by atoms with van der Waals surface area (Å²) >= 11 is 13.3. The third-order valence-electron chi connectivity index (χ3n) is 3.33. The summed E-state index contributed by atoms with van der Waals surface area (Å²) in [4.78, 5) is 28.2. The molecule has 1 atom stereocenters. The second kappa shape index (κ2) is 9.08. The maximum atomic E-state index is 12.1. The number of carbonyl (C=O) groups excluding carboxylic acids is 2. The van der Waals surface area contributed by atoms with Gasteiger partial charge in [-0.3, -0.25) is 4.79 Å². The van der Waals surface area contributed by atoms with Crippen molar-refractivity contribution in [1.82, 2.24) is 10.3 Å². The summed E-state index contributed by atoms with van der Waals surface area (Å²) in [6.07, 6.45) is 3.40. The van der Waals surface area contributed by atoms with Crippen molar-refractivity contribution in [1.29, 1.82) is 0 Å². The Hall–Kier alpha value is -1.76. The highest BCUT2D eigenvalue weighted by atomic mass is 35.5. The van der Waals surface area contributed by atoms with Crippen LogP contribution in [-0.2, 0) is 9.53 Å². The maximum absolute atomic E-state index is 12.1. The number of nitrogens with zero attached hydrogens (tertiary/aromatic N) is 1.